The Morgan fingerprint density at radius 3 is 1.19 bits per heavy atom. The maximum atomic E-state index is 12.9. The van der Waals surface area contributed by atoms with E-state index in [4.69, 9.17) is 23.3 Å². The molecule has 0 aliphatic carbocycles. The van der Waals surface area contributed by atoms with Crippen molar-refractivity contribution in [3.8, 4) is 0 Å². The monoisotopic (exact) mass is 1030 g/mol. The minimum atomic E-state index is -4.77. The van der Waals surface area contributed by atoms with Crippen LogP contribution in [0.4, 0.5) is 0 Å². The van der Waals surface area contributed by atoms with Gasteiger partial charge in [0.2, 0.25) is 0 Å². The predicted octanol–water partition coefficient (Wildman–Crippen LogP) is 16.5. The van der Waals surface area contributed by atoms with Gasteiger partial charge in [-0.2, -0.15) is 0 Å². The maximum Gasteiger partial charge on any atom is 0.472 e. The first-order valence-electron chi connectivity index (χ1n) is 28.1. The van der Waals surface area contributed by atoms with Crippen molar-refractivity contribution in [3.05, 3.63) is 97.2 Å². The number of aliphatic hydroxyl groups is 1. The van der Waals surface area contributed by atoms with Crippen LogP contribution in [-0.4, -0.2) is 66.5 Å². The van der Waals surface area contributed by atoms with Gasteiger partial charge in [-0.3, -0.25) is 23.4 Å². The summed E-state index contributed by atoms with van der Waals surface area (Å²) in [7, 11) is -4.77. The lowest BCUT2D eigenvalue weighted by Crippen LogP contribution is -2.30. The largest absolute Gasteiger partial charge is 0.472 e. The molecule has 0 heterocycles. The maximum absolute atomic E-state index is 12.9. The van der Waals surface area contributed by atoms with Gasteiger partial charge in [0, 0.05) is 19.3 Å². The van der Waals surface area contributed by atoms with Gasteiger partial charge in [-0.1, -0.05) is 189 Å². The SMILES string of the molecule is CC/C=C\C/C=C\C/C=C\C/C=C\CCCCC(=O)OC(CO)COP(=O)(O)OCC(COC(=O)CCCCCCC/C=C\C/C=C\CCC)OC(=O)CCCCCCCCC/C=C\C/C=C\CCCCC. The zero-order valence-corrected chi connectivity index (χ0v) is 46.3. The molecule has 0 saturated heterocycles. The number of rotatable bonds is 51. The van der Waals surface area contributed by atoms with Crippen LogP contribution in [-0.2, 0) is 42.2 Å². The van der Waals surface area contributed by atoms with E-state index >= 15 is 0 Å². The second-order valence-electron chi connectivity index (χ2n) is 18.4. The van der Waals surface area contributed by atoms with Gasteiger partial charge in [0.15, 0.2) is 6.10 Å². The smallest absolute Gasteiger partial charge is 0.462 e. The van der Waals surface area contributed by atoms with E-state index in [1.54, 1.807) is 0 Å². The molecule has 412 valence electrons. The highest BCUT2D eigenvalue weighted by Crippen LogP contribution is 2.43. The van der Waals surface area contributed by atoms with Crippen LogP contribution in [0.5, 0.6) is 0 Å². The van der Waals surface area contributed by atoms with E-state index in [1.165, 1.54) is 38.5 Å². The van der Waals surface area contributed by atoms with Crippen molar-refractivity contribution < 1.29 is 52.2 Å². The number of esters is 3. The van der Waals surface area contributed by atoms with Crippen LogP contribution in [0.3, 0.4) is 0 Å². The number of hydrogen-bond acceptors (Lipinski definition) is 10. The van der Waals surface area contributed by atoms with E-state index in [-0.39, 0.29) is 25.9 Å². The van der Waals surface area contributed by atoms with Gasteiger partial charge in [-0.15, -0.1) is 0 Å². The molecule has 72 heavy (non-hydrogen) atoms. The predicted molar refractivity (Wildman–Crippen MR) is 297 cm³/mol. The van der Waals surface area contributed by atoms with Gasteiger partial charge in [-0.25, -0.2) is 4.57 Å². The molecule has 0 rings (SSSR count). The summed E-state index contributed by atoms with van der Waals surface area (Å²) in [4.78, 5) is 48.5. The van der Waals surface area contributed by atoms with Crippen LogP contribution >= 0.6 is 7.82 Å². The fourth-order valence-corrected chi connectivity index (χ4v) is 7.96. The van der Waals surface area contributed by atoms with Crippen molar-refractivity contribution in [1.82, 2.24) is 0 Å². The highest BCUT2D eigenvalue weighted by Gasteiger charge is 2.28. The summed E-state index contributed by atoms with van der Waals surface area (Å²) in [5, 5.41) is 9.80. The highest BCUT2D eigenvalue weighted by atomic mass is 31.2. The number of allylic oxidation sites excluding steroid dienone is 16. The zero-order chi connectivity index (χ0) is 52.7. The van der Waals surface area contributed by atoms with E-state index < -0.39 is 57.8 Å². The van der Waals surface area contributed by atoms with Gasteiger partial charge in [0.05, 0.1) is 19.8 Å². The number of phosphoric acid groups is 1. The van der Waals surface area contributed by atoms with E-state index in [1.807, 2.05) is 0 Å². The molecule has 0 bridgehead atoms. The molecule has 0 aromatic heterocycles. The molecule has 0 aromatic carbocycles. The van der Waals surface area contributed by atoms with Crippen LogP contribution in [0.1, 0.15) is 226 Å². The second-order valence-corrected chi connectivity index (χ2v) is 19.8. The third-order valence-corrected chi connectivity index (χ3v) is 12.4. The summed E-state index contributed by atoms with van der Waals surface area (Å²) in [5.74, 6) is -1.54. The summed E-state index contributed by atoms with van der Waals surface area (Å²) in [6.07, 6.45) is 62.2. The van der Waals surface area contributed by atoms with Crippen LogP contribution in [0.25, 0.3) is 0 Å². The molecule has 2 N–H and O–H groups in total. The molecule has 3 atom stereocenters. The van der Waals surface area contributed by atoms with Crippen LogP contribution < -0.4 is 0 Å². The summed E-state index contributed by atoms with van der Waals surface area (Å²) in [6.45, 7) is 4.36. The molecule has 0 aromatic rings. The quantitative estimate of drug-likeness (QED) is 0.0197. The molecule has 11 nitrogen and oxygen atoms in total. The fourth-order valence-electron chi connectivity index (χ4n) is 7.18. The standard InChI is InChI=1S/C60H101O11P/c1-4-7-10-13-16-19-22-25-27-28-30-33-36-39-42-45-48-51-60(64)71-57(53-67-58(62)49-46-43-40-37-34-31-24-21-18-15-12-9-6-3)55-69-72(65,66)68-54-56(52-61)70-59(63)50-47-44-41-38-35-32-29-26-23-20-17-14-11-8-5-2/h8,11-12,15-17,19-21,24-27,29,35,38,56-57,61H,4-7,9-10,13-14,18,22-23,28,30-34,36-37,39-55H2,1-3H3,(H,65,66)/b11-8-,15-12-,19-16-,20-17-,24-21-,27-25-,29-26-,38-35-. The van der Waals surface area contributed by atoms with Crippen molar-refractivity contribution in [2.45, 2.75) is 238 Å². The summed E-state index contributed by atoms with van der Waals surface area (Å²) in [6, 6.07) is 0. The Balaban J connectivity index is 4.80. The Morgan fingerprint density at radius 1 is 0.403 bits per heavy atom. The molecular formula is C60H101O11P. The zero-order valence-electron chi connectivity index (χ0n) is 45.4. The van der Waals surface area contributed by atoms with Gasteiger partial charge in [-0.05, 0) is 116 Å². The lowest BCUT2D eigenvalue weighted by atomic mass is 10.1. The summed E-state index contributed by atoms with van der Waals surface area (Å²) in [5.41, 5.74) is 0. The number of carbonyl (C=O) groups excluding carboxylic acids is 3. The van der Waals surface area contributed by atoms with E-state index in [0.717, 1.165) is 128 Å². The minimum absolute atomic E-state index is 0.120. The number of hydrogen-bond donors (Lipinski definition) is 2. The van der Waals surface area contributed by atoms with E-state index in [2.05, 4.69) is 118 Å². The number of carbonyl (C=O) groups is 3. The molecule has 0 spiro atoms. The van der Waals surface area contributed by atoms with Crippen molar-refractivity contribution >= 4 is 25.7 Å². The Morgan fingerprint density at radius 2 is 0.750 bits per heavy atom. The number of ether oxygens (including phenoxy) is 3. The third kappa shape index (κ3) is 51.3. The Kier molecular flexibility index (Phi) is 51.0. The van der Waals surface area contributed by atoms with E-state index in [9.17, 15) is 28.9 Å². The average molecular weight is 1030 g/mol. The van der Waals surface area contributed by atoms with Crippen LogP contribution in [0.15, 0.2) is 97.2 Å². The minimum Gasteiger partial charge on any atom is -0.462 e. The lowest BCUT2D eigenvalue weighted by molar-refractivity contribution is -0.161. The van der Waals surface area contributed by atoms with Gasteiger partial charge in [0.1, 0.15) is 12.7 Å². The third-order valence-electron chi connectivity index (χ3n) is 11.4. The first kappa shape index (κ1) is 68.4. The Labute approximate surface area is 438 Å². The van der Waals surface area contributed by atoms with Crippen molar-refractivity contribution in [2.24, 2.45) is 0 Å². The van der Waals surface area contributed by atoms with Crippen molar-refractivity contribution in [1.29, 1.82) is 0 Å². The molecule has 0 aliphatic heterocycles. The van der Waals surface area contributed by atoms with Gasteiger partial charge in [0.25, 0.3) is 0 Å². The Bertz CT molecular complexity index is 1580. The normalized spacial score (nSPS) is 14.1. The number of aliphatic hydroxyl groups excluding tert-OH is 1. The second kappa shape index (κ2) is 53.7. The molecule has 0 radical (unpaired) electrons. The lowest BCUT2D eigenvalue weighted by Gasteiger charge is -2.21. The van der Waals surface area contributed by atoms with Crippen molar-refractivity contribution in [3.63, 3.8) is 0 Å². The topological polar surface area (TPSA) is 155 Å². The summed E-state index contributed by atoms with van der Waals surface area (Å²) >= 11 is 0. The highest BCUT2D eigenvalue weighted by molar-refractivity contribution is 7.47. The van der Waals surface area contributed by atoms with Crippen molar-refractivity contribution in [2.75, 3.05) is 26.4 Å². The molecular weight excluding hydrogens is 928 g/mol. The Hall–Kier alpha value is -3.60. The summed E-state index contributed by atoms with van der Waals surface area (Å²) < 4.78 is 39.4. The van der Waals surface area contributed by atoms with Gasteiger partial charge < -0.3 is 24.2 Å². The first-order chi connectivity index (χ1) is 35.2. The molecule has 0 fully saturated rings. The molecule has 0 aliphatic rings. The number of unbranched alkanes of at least 4 members (excludes halogenated alkanes) is 18. The fraction of sp³-hybridized carbons (Fsp3) is 0.683. The van der Waals surface area contributed by atoms with E-state index in [0.29, 0.717) is 19.3 Å². The van der Waals surface area contributed by atoms with Crippen LogP contribution in [0.2, 0.25) is 0 Å². The molecule has 0 saturated carbocycles. The first-order valence-corrected chi connectivity index (χ1v) is 29.6. The van der Waals surface area contributed by atoms with Gasteiger partial charge >= 0.3 is 25.7 Å². The molecule has 0 amide bonds. The average Bonchev–Trinajstić information content (AvgIpc) is 3.37. The molecule has 12 heteroatoms. The number of phosphoric ester groups is 1. The van der Waals surface area contributed by atoms with Crippen LogP contribution in [0, 0.1) is 0 Å². The molecule has 3 unspecified atom stereocenters.